The van der Waals surface area contributed by atoms with Gasteiger partial charge in [-0.2, -0.15) is 0 Å². The minimum Gasteiger partial charge on any atom is -0.0622 e. The molecule has 0 radical (unpaired) electrons. The molecule has 0 amide bonds. The van der Waals surface area contributed by atoms with Gasteiger partial charge in [0.1, 0.15) is 0 Å². The van der Waals surface area contributed by atoms with Gasteiger partial charge in [-0.3, -0.25) is 0 Å². The highest BCUT2D eigenvalue weighted by Gasteiger charge is 2.26. The molecule has 0 heterocycles. The number of rotatable bonds is 4. The van der Waals surface area contributed by atoms with Crippen LogP contribution in [0.3, 0.4) is 0 Å². The first-order valence-corrected chi connectivity index (χ1v) is 22.4. The minimum atomic E-state index is 1.24. The van der Waals surface area contributed by atoms with E-state index in [9.17, 15) is 0 Å². The Bertz CT molecular complexity index is 4090. The Hall–Kier alpha value is -8.32. The average molecular weight is 805 g/mol. The maximum Gasteiger partial charge on any atom is -0.000741 e. The third-order valence-electron chi connectivity index (χ3n) is 14.7. The molecule has 0 aliphatic rings. The van der Waals surface area contributed by atoms with E-state index in [0.717, 1.165) is 0 Å². The molecule has 15 aromatic rings. The van der Waals surface area contributed by atoms with Crippen LogP contribution in [0.25, 0.3) is 152 Å². The summed E-state index contributed by atoms with van der Waals surface area (Å²) in [6.45, 7) is 0. The lowest BCUT2D eigenvalue weighted by molar-refractivity contribution is 1.64. The third-order valence-corrected chi connectivity index (χ3v) is 14.7. The molecule has 64 heavy (non-hydrogen) atoms. The highest BCUT2D eigenvalue weighted by molar-refractivity contribution is 6.45. The van der Waals surface area contributed by atoms with Gasteiger partial charge in [0.15, 0.2) is 0 Å². The first-order valence-electron chi connectivity index (χ1n) is 22.4. The van der Waals surface area contributed by atoms with Crippen molar-refractivity contribution < 1.29 is 0 Å². The predicted octanol–water partition coefficient (Wildman–Crippen LogP) is 18.2. The molecule has 0 saturated heterocycles. The maximum absolute atomic E-state index is 2.55. The van der Waals surface area contributed by atoms with Crippen LogP contribution in [-0.2, 0) is 0 Å². The zero-order valence-electron chi connectivity index (χ0n) is 34.8. The summed E-state index contributed by atoms with van der Waals surface area (Å²) in [6.07, 6.45) is 0. The Morgan fingerprint density at radius 3 is 0.922 bits per heavy atom. The van der Waals surface area contributed by atoms with Crippen LogP contribution in [0.1, 0.15) is 0 Å². The van der Waals surface area contributed by atoms with Crippen molar-refractivity contribution in [2.75, 3.05) is 0 Å². The van der Waals surface area contributed by atoms with Crippen LogP contribution in [0.4, 0.5) is 0 Å². The molecular formula is C64H36. The van der Waals surface area contributed by atoms with Gasteiger partial charge in [-0.25, -0.2) is 0 Å². The molecule has 0 atom stereocenters. The second-order valence-corrected chi connectivity index (χ2v) is 17.8. The molecule has 0 heteroatoms. The summed E-state index contributed by atoms with van der Waals surface area (Å²) in [5.41, 5.74) is 10.1. The molecule has 0 aliphatic heterocycles. The molecular weight excluding hydrogens is 769 g/mol. The Morgan fingerprint density at radius 2 is 0.516 bits per heavy atom. The molecule has 0 saturated carbocycles. The summed E-state index contributed by atoms with van der Waals surface area (Å²) in [7, 11) is 0. The van der Waals surface area contributed by atoms with E-state index < -0.39 is 0 Å². The normalized spacial score (nSPS) is 12.4. The Labute approximate surface area is 368 Å². The lowest BCUT2D eigenvalue weighted by atomic mass is 9.83. The summed E-state index contributed by atoms with van der Waals surface area (Å²) in [5.74, 6) is 0. The van der Waals surface area contributed by atoms with Crippen molar-refractivity contribution in [1.29, 1.82) is 0 Å². The van der Waals surface area contributed by atoms with E-state index in [2.05, 4.69) is 218 Å². The molecule has 0 aliphatic carbocycles. The standard InChI is InChI=1S/C64H36/c1-5-15-37(16-6-1)42-27-29-44-46-31-33-48-52-35-54-55(36-53(52)49-34-32-47(61(46)62(48)49)45-30-28-43(59(42)60(44)45)38-17-7-2-8-18-38)58(41-21-11-4-12-22-41)64-51-26-14-24-39-23-13-25-50(56(39)51)63(64)57(54)40-19-9-3-10-20-40/h1-36H. The number of fused-ring (bicyclic) bond motifs is 9. The Kier molecular flexibility index (Phi) is 6.77. The van der Waals surface area contributed by atoms with Crippen LogP contribution in [0, 0.1) is 0 Å². The highest BCUT2D eigenvalue weighted by atomic mass is 14.3. The summed E-state index contributed by atoms with van der Waals surface area (Å²) in [6, 6.07) is 82.1. The molecule has 15 rings (SSSR count). The van der Waals surface area contributed by atoms with Gasteiger partial charge >= 0.3 is 0 Å². The number of benzene rings is 13. The fourth-order valence-corrected chi connectivity index (χ4v) is 12.1. The fourth-order valence-electron chi connectivity index (χ4n) is 12.1. The van der Waals surface area contributed by atoms with Crippen molar-refractivity contribution >= 4 is 108 Å². The van der Waals surface area contributed by atoms with Crippen LogP contribution in [0.5, 0.6) is 0 Å². The second-order valence-electron chi connectivity index (χ2n) is 17.8. The van der Waals surface area contributed by atoms with Crippen molar-refractivity contribution in [3.8, 4) is 44.5 Å². The smallest absolute Gasteiger partial charge is 0.000741 e. The van der Waals surface area contributed by atoms with Gasteiger partial charge in [0, 0.05) is 0 Å². The van der Waals surface area contributed by atoms with Crippen LogP contribution in [-0.4, -0.2) is 0 Å². The van der Waals surface area contributed by atoms with Crippen molar-refractivity contribution in [1.82, 2.24) is 0 Å². The fraction of sp³-hybridized carbons (Fsp3) is 0. The lowest BCUT2D eigenvalue weighted by Gasteiger charge is -2.19. The van der Waals surface area contributed by atoms with E-state index in [1.165, 1.54) is 152 Å². The first-order chi connectivity index (χ1) is 31.8. The summed E-state index contributed by atoms with van der Waals surface area (Å²) >= 11 is 0. The summed E-state index contributed by atoms with van der Waals surface area (Å²) in [5, 5.41) is 26.4. The van der Waals surface area contributed by atoms with Gasteiger partial charge in [-0.05, 0) is 164 Å². The quantitative estimate of drug-likeness (QED) is 0.123. The molecule has 0 fully saturated rings. The molecule has 0 N–H and O–H groups in total. The van der Waals surface area contributed by atoms with Gasteiger partial charge in [-0.15, -0.1) is 0 Å². The van der Waals surface area contributed by atoms with Gasteiger partial charge in [-0.1, -0.05) is 206 Å². The van der Waals surface area contributed by atoms with E-state index in [0.29, 0.717) is 0 Å². The topological polar surface area (TPSA) is 0 Å². The first kappa shape index (κ1) is 34.3. The van der Waals surface area contributed by atoms with Crippen molar-refractivity contribution in [2.45, 2.75) is 0 Å². The van der Waals surface area contributed by atoms with Gasteiger partial charge in [0.05, 0.1) is 0 Å². The van der Waals surface area contributed by atoms with Crippen molar-refractivity contribution in [3.63, 3.8) is 0 Å². The van der Waals surface area contributed by atoms with Gasteiger partial charge in [0.25, 0.3) is 0 Å². The summed E-state index contributed by atoms with van der Waals surface area (Å²) in [4.78, 5) is 0. The molecule has 0 bridgehead atoms. The molecule has 0 nitrogen and oxygen atoms in total. The van der Waals surface area contributed by atoms with Gasteiger partial charge < -0.3 is 0 Å². The SMILES string of the molecule is c1ccc(-c2ccc3c4ccc5c6cc7c(-c8ccccc8)c8c9cccc%10cccc(c8c(-c8ccccc8)c7cc6c6ccc(c7ccc(-c8ccccc8)c2c37)c4c56)c%109)cc1. The van der Waals surface area contributed by atoms with Gasteiger partial charge in [0.2, 0.25) is 0 Å². The maximum atomic E-state index is 2.55. The van der Waals surface area contributed by atoms with Crippen LogP contribution < -0.4 is 0 Å². The molecule has 0 unspecified atom stereocenters. The molecule has 0 spiro atoms. The van der Waals surface area contributed by atoms with E-state index in [4.69, 9.17) is 0 Å². The Morgan fingerprint density at radius 1 is 0.172 bits per heavy atom. The van der Waals surface area contributed by atoms with E-state index in [1.54, 1.807) is 0 Å². The summed E-state index contributed by atoms with van der Waals surface area (Å²) < 4.78 is 0. The molecule has 292 valence electrons. The van der Waals surface area contributed by atoms with E-state index in [-0.39, 0.29) is 0 Å². The van der Waals surface area contributed by atoms with Crippen LogP contribution in [0.2, 0.25) is 0 Å². The zero-order chi connectivity index (χ0) is 41.6. The van der Waals surface area contributed by atoms with E-state index >= 15 is 0 Å². The van der Waals surface area contributed by atoms with E-state index in [1.807, 2.05) is 0 Å². The largest absolute Gasteiger partial charge is 0.0622 e. The molecule has 15 aromatic carbocycles. The number of hydrogen-bond donors (Lipinski definition) is 0. The van der Waals surface area contributed by atoms with Crippen LogP contribution >= 0.6 is 0 Å². The minimum absolute atomic E-state index is 1.24. The third kappa shape index (κ3) is 4.42. The monoisotopic (exact) mass is 804 g/mol. The zero-order valence-corrected chi connectivity index (χ0v) is 34.8. The van der Waals surface area contributed by atoms with Crippen LogP contribution in [0.15, 0.2) is 218 Å². The Balaban J connectivity index is 1.12. The second kappa shape index (κ2) is 12.6. The highest BCUT2D eigenvalue weighted by Crippen LogP contribution is 2.55. The van der Waals surface area contributed by atoms with Crippen molar-refractivity contribution in [2.24, 2.45) is 0 Å². The lowest BCUT2D eigenvalue weighted by Crippen LogP contribution is -1.92. The predicted molar refractivity (Wildman–Crippen MR) is 277 cm³/mol. The number of hydrogen-bond acceptors (Lipinski definition) is 0. The van der Waals surface area contributed by atoms with Crippen molar-refractivity contribution in [3.05, 3.63) is 218 Å². The average Bonchev–Trinajstić information content (AvgIpc) is 3.87. The molecule has 0 aromatic heterocycles.